The predicted molar refractivity (Wildman–Crippen MR) is 124 cm³/mol. The molecule has 0 saturated heterocycles. The quantitative estimate of drug-likeness (QED) is 0.463. The summed E-state index contributed by atoms with van der Waals surface area (Å²) in [6, 6.07) is 21.3. The summed E-state index contributed by atoms with van der Waals surface area (Å²) in [5, 5.41) is 5.10. The topological polar surface area (TPSA) is 72.7 Å². The molecule has 5 aromatic rings. The van der Waals surface area contributed by atoms with Crippen molar-refractivity contribution in [2.24, 2.45) is 0 Å². The molecule has 152 valence electrons. The van der Waals surface area contributed by atoms with E-state index in [0.29, 0.717) is 11.3 Å². The Morgan fingerprint density at radius 3 is 2.61 bits per heavy atom. The lowest BCUT2D eigenvalue weighted by molar-refractivity contribution is 0.773. The van der Waals surface area contributed by atoms with Crippen LogP contribution in [0.1, 0.15) is 24.2 Å². The van der Waals surface area contributed by atoms with Gasteiger partial charge < -0.3 is 5.32 Å². The Bertz CT molecular complexity index is 1450. The van der Waals surface area contributed by atoms with Gasteiger partial charge in [-0.15, -0.1) is 0 Å². The van der Waals surface area contributed by atoms with Crippen molar-refractivity contribution in [3.05, 3.63) is 101 Å². The minimum absolute atomic E-state index is 0.0314. The van der Waals surface area contributed by atoms with Gasteiger partial charge in [-0.25, -0.2) is 9.97 Å². The highest BCUT2D eigenvalue weighted by Crippen LogP contribution is 2.26. The first-order valence-electron chi connectivity index (χ1n) is 10.2. The van der Waals surface area contributed by atoms with Gasteiger partial charge in [-0.2, -0.15) is 0 Å². The molecule has 0 aliphatic rings. The molecule has 31 heavy (non-hydrogen) atoms. The molecule has 3 aromatic heterocycles. The van der Waals surface area contributed by atoms with E-state index in [0.717, 1.165) is 33.2 Å². The van der Waals surface area contributed by atoms with Gasteiger partial charge in [-0.3, -0.25) is 14.3 Å². The number of nitrogens with zero attached hydrogens (tertiary/aromatic N) is 4. The predicted octanol–water partition coefficient (Wildman–Crippen LogP) is 4.81. The van der Waals surface area contributed by atoms with E-state index in [-0.39, 0.29) is 11.6 Å². The first-order chi connectivity index (χ1) is 15.1. The molecule has 1 atom stereocenters. The van der Waals surface area contributed by atoms with Crippen LogP contribution < -0.4 is 10.9 Å². The highest BCUT2D eigenvalue weighted by atomic mass is 16.1. The molecule has 0 aliphatic heterocycles. The number of hydrogen-bond donors (Lipinski definition) is 1. The zero-order valence-corrected chi connectivity index (χ0v) is 17.3. The van der Waals surface area contributed by atoms with Crippen molar-refractivity contribution < 1.29 is 0 Å². The smallest absolute Gasteiger partial charge is 0.263 e. The number of aryl methyl sites for hydroxylation is 1. The number of anilines is 1. The lowest BCUT2D eigenvalue weighted by Gasteiger charge is -2.22. The summed E-state index contributed by atoms with van der Waals surface area (Å²) >= 11 is 0. The number of aromatic nitrogens is 4. The summed E-state index contributed by atoms with van der Waals surface area (Å²) in [7, 11) is 0. The first kappa shape index (κ1) is 18.9. The molecule has 0 unspecified atom stereocenters. The average molecular weight is 407 g/mol. The van der Waals surface area contributed by atoms with Crippen molar-refractivity contribution in [3.63, 3.8) is 0 Å². The van der Waals surface area contributed by atoms with Crippen LogP contribution >= 0.6 is 0 Å². The highest BCUT2D eigenvalue weighted by molar-refractivity contribution is 5.86. The van der Waals surface area contributed by atoms with Crippen molar-refractivity contribution in [1.82, 2.24) is 19.5 Å². The Balaban J connectivity index is 1.71. The van der Waals surface area contributed by atoms with Crippen LogP contribution in [-0.4, -0.2) is 19.5 Å². The van der Waals surface area contributed by atoms with Crippen LogP contribution in [-0.2, 0) is 0 Å². The van der Waals surface area contributed by atoms with Crippen LogP contribution in [0.25, 0.3) is 27.5 Å². The monoisotopic (exact) mass is 407 g/mol. The van der Waals surface area contributed by atoms with Crippen LogP contribution in [0, 0.1) is 6.92 Å². The van der Waals surface area contributed by atoms with Crippen LogP contribution in [0.5, 0.6) is 0 Å². The van der Waals surface area contributed by atoms with E-state index in [1.165, 1.54) is 6.33 Å². The minimum atomic E-state index is -0.210. The largest absolute Gasteiger partial charge is 0.360 e. The van der Waals surface area contributed by atoms with Crippen LogP contribution in [0.2, 0.25) is 0 Å². The number of hydrogen-bond acceptors (Lipinski definition) is 5. The fourth-order valence-corrected chi connectivity index (χ4v) is 4.00. The second-order valence-electron chi connectivity index (χ2n) is 7.54. The van der Waals surface area contributed by atoms with Crippen LogP contribution in [0.3, 0.4) is 0 Å². The van der Waals surface area contributed by atoms with Crippen molar-refractivity contribution in [2.45, 2.75) is 19.9 Å². The van der Waals surface area contributed by atoms with E-state index < -0.39 is 0 Å². The molecular formula is C25H21N5O. The van der Waals surface area contributed by atoms with Gasteiger partial charge in [0.05, 0.1) is 16.9 Å². The molecule has 3 heterocycles. The summed E-state index contributed by atoms with van der Waals surface area (Å²) in [5.41, 5.74) is 4.06. The summed E-state index contributed by atoms with van der Waals surface area (Å²) in [6.45, 7) is 3.99. The van der Waals surface area contributed by atoms with Gasteiger partial charge in [0.25, 0.3) is 5.56 Å². The minimum Gasteiger partial charge on any atom is -0.360 e. The van der Waals surface area contributed by atoms with Gasteiger partial charge >= 0.3 is 0 Å². The van der Waals surface area contributed by atoms with Gasteiger partial charge in [0.15, 0.2) is 5.82 Å². The molecule has 2 aromatic carbocycles. The fraction of sp³-hybridized carbons (Fsp3) is 0.120. The van der Waals surface area contributed by atoms with Gasteiger partial charge in [-0.05, 0) is 55.1 Å². The molecule has 0 spiro atoms. The molecule has 1 N–H and O–H groups in total. The van der Waals surface area contributed by atoms with E-state index in [1.54, 1.807) is 10.8 Å². The van der Waals surface area contributed by atoms with E-state index in [9.17, 15) is 4.79 Å². The molecule has 5 rings (SSSR count). The lowest BCUT2D eigenvalue weighted by atomic mass is 10.0. The zero-order valence-electron chi connectivity index (χ0n) is 17.3. The van der Waals surface area contributed by atoms with Crippen molar-refractivity contribution in [1.29, 1.82) is 0 Å². The van der Waals surface area contributed by atoms with E-state index in [1.807, 2.05) is 74.5 Å². The molecular weight excluding hydrogens is 386 g/mol. The normalized spacial score (nSPS) is 12.2. The molecule has 6 nitrogen and oxygen atoms in total. The van der Waals surface area contributed by atoms with E-state index >= 15 is 0 Å². The second kappa shape index (κ2) is 7.65. The SMILES string of the molecule is Cc1cccc2cc([C@H](C)Nc3ncnc4cccnc34)n(-c3ccccc3)c(=O)c12. The molecule has 0 saturated carbocycles. The Hall–Kier alpha value is -4.06. The van der Waals surface area contributed by atoms with Crippen molar-refractivity contribution >= 4 is 27.6 Å². The average Bonchev–Trinajstić information content (AvgIpc) is 2.79. The molecule has 6 heteroatoms. The van der Waals surface area contributed by atoms with Crippen molar-refractivity contribution in [2.75, 3.05) is 5.32 Å². The first-order valence-corrected chi connectivity index (χ1v) is 10.2. The Labute approximate surface area is 179 Å². The Morgan fingerprint density at radius 2 is 1.77 bits per heavy atom. The maximum absolute atomic E-state index is 13.6. The molecule has 0 amide bonds. The maximum Gasteiger partial charge on any atom is 0.263 e. The highest BCUT2D eigenvalue weighted by Gasteiger charge is 2.18. The number of rotatable bonds is 4. The number of fused-ring (bicyclic) bond motifs is 2. The van der Waals surface area contributed by atoms with Crippen LogP contribution in [0.4, 0.5) is 5.82 Å². The summed E-state index contributed by atoms with van der Waals surface area (Å²) in [4.78, 5) is 26.8. The van der Waals surface area contributed by atoms with E-state index in [2.05, 4.69) is 26.3 Å². The van der Waals surface area contributed by atoms with Crippen LogP contribution in [0.15, 0.2) is 84.0 Å². The van der Waals surface area contributed by atoms with E-state index in [4.69, 9.17) is 0 Å². The van der Waals surface area contributed by atoms with Gasteiger partial charge in [-0.1, -0.05) is 36.4 Å². The van der Waals surface area contributed by atoms with Crippen molar-refractivity contribution in [3.8, 4) is 5.69 Å². The number of benzene rings is 2. The third-order valence-electron chi connectivity index (χ3n) is 5.49. The summed E-state index contributed by atoms with van der Waals surface area (Å²) < 4.78 is 1.78. The maximum atomic E-state index is 13.6. The third-order valence-corrected chi connectivity index (χ3v) is 5.49. The lowest BCUT2D eigenvalue weighted by Crippen LogP contribution is -2.26. The third kappa shape index (κ3) is 3.32. The fourth-order valence-electron chi connectivity index (χ4n) is 4.00. The number of nitrogens with one attached hydrogen (secondary N) is 1. The standard InChI is InChI=1S/C25H21N5O/c1-16-8-6-9-18-14-21(30(25(31)22(16)18)19-10-4-3-5-11-19)17(2)29-24-23-20(27-15-28-24)12-7-13-26-23/h3-15,17H,1-2H3,(H,27,28,29)/t17-/m0/s1. The molecule has 0 aliphatic carbocycles. The summed E-state index contributed by atoms with van der Waals surface area (Å²) in [5.74, 6) is 0.634. The molecule has 0 bridgehead atoms. The number of pyridine rings is 2. The molecule has 0 fully saturated rings. The molecule has 0 radical (unpaired) electrons. The summed E-state index contributed by atoms with van der Waals surface area (Å²) in [6.07, 6.45) is 3.24. The number of para-hydroxylation sites is 1. The Kier molecular flexibility index (Phi) is 4.67. The second-order valence-corrected chi connectivity index (χ2v) is 7.54. The Morgan fingerprint density at radius 1 is 0.935 bits per heavy atom. The van der Waals surface area contributed by atoms with Gasteiger partial charge in [0.1, 0.15) is 11.8 Å². The zero-order chi connectivity index (χ0) is 21.4. The van der Waals surface area contributed by atoms with Gasteiger partial charge in [0.2, 0.25) is 0 Å². The van der Waals surface area contributed by atoms with Gasteiger partial charge in [0, 0.05) is 17.6 Å².